The van der Waals surface area contributed by atoms with E-state index in [1.54, 1.807) is 17.5 Å². The van der Waals surface area contributed by atoms with E-state index in [1.807, 2.05) is 19.4 Å². The molecule has 1 aliphatic heterocycles. The van der Waals surface area contributed by atoms with Crippen LogP contribution < -0.4 is 28.4 Å². The molecule has 1 aliphatic rings. The lowest BCUT2D eigenvalue weighted by Gasteiger charge is -2.16. The average Bonchev–Trinajstić information content (AvgIpc) is 3.54. The smallest absolute Gasteiger partial charge is 0.225 e. The number of halogens is 1. The highest BCUT2D eigenvalue weighted by molar-refractivity contribution is 7.09. The Bertz CT molecular complexity index is 1370. The molecule has 0 unspecified atom stereocenters. The third-order valence-electron chi connectivity index (χ3n) is 6.03. The summed E-state index contributed by atoms with van der Waals surface area (Å²) in [7, 11) is 0. The monoisotopic (exact) mass is 567 g/mol. The molecule has 0 saturated carbocycles. The van der Waals surface area contributed by atoms with Crippen LogP contribution in [0.15, 0.2) is 24.4 Å². The molecule has 14 nitrogen and oxygen atoms in total. The number of nitrogen functional groups attached to an aromatic ring is 2. The molecule has 0 amide bonds. The first-order chi connectivity index (χ1) is 17.7. The molecule has 0 aromatic carbocycles. The Labute approximate surface area is 228 Å². The lowest BCUT2D eigenvalue weighted by molar-refractivity contribution is -0.689. The zero-order chi connectivity index (χ0) is 26.7. The van der Waals surface area contributed by atoms with Crippen LogP contribution in [-0.2, 0) is 17.7 Å². The van der Waals surface area contributed by atoms with E-state index < -0.39 is 31.1 Å². The molecule has 5 rings (SSSR count). The first-order valence-electron chi connectivity index (χ1n) is 11.5. The molecule has 4 aromatic rings. The van der Waals surface area contributed by atoms with Crippen LogP contribution in [0.3, 0.4) is 0 Å². The van der Waals surface area contributed by atoms with Gasteiger partial charge in [0.15, 0.2) is 29.9 Å². The number of rotatable bonds is 6. The van der Waals surface area contributed by atoms with Crippen molar-refractivity contribution >= 4 is 34.1 Å². The molecule has 0 radical (unpaired) electrons. The number of anilines is 2. The zero-order valence-corrected chi connectivity index (χ0v) is 22.3. The van der Waals surface area contributed by atoms with E-state index in [-0.39, 0.29) is 24.8 Å². The second-order valence-corrected chi connectivity index (χ2v) is 9.41. The highest BCUT2D eigenvalue weighted by atomic mass is 35.5. The number of imidazole rings is 1. The molecule has 0 aliphatic carbocycles. The fraction of sp³-hybridized carbons (Fsp3) is 0.455. The normalized spacial score (nSPS) is 20.7. The summed E-state index contributed by atoms with van der Waals surface area (Å²) in [6.45, 7) is 4.32. The molecule has 1 fully saturated rings. The summed E-state index contributed by atoms with van der Waals surface area (Å²) < 4.78 is 8.97. The van der Waals surface area contributed by atoms with Crippen molar-refractivity contribution in [2.75, 3.05) is 24.7 Å². The SMILES string of the molecule is Cc1ncc(C[n+]2csc(CCO)c2C)c(N)n1.Nc1ncnc2c1ncn2[C@@H]1O[C@H](CO)[C@@H](O)[C@H]1O.[Cl-]. The predicted octanol–water partition coefficient (Wildman–Crippen LogP) is -4.37. The third kappa shape index (κ3) is 5.99. The Balaban J connectivity index is 0.000000206. The predicted molar refractivity (Wildman–Crippen MR) is 133 cm³/mol. The van der Waals surface area contributed by atoms with Gasteiger partial charge >= 0.3 is 0 Å². The van der Waals surface area contributed by atoms with Crippen molar-refractivity contribution in [1.82, 2.24) is 29.5 Å². The fourth-order valence-corrected chi connectivity index (χ4v) is 4.92. The van der Waals surface area contributed by atoms with Gasteiger partial charge in [-0.1, -0.05) is 11.3 Å². The lowest BCUT2D eigenvalue weighted by atomic mass is 10.1. The number of nitrogens with two attached hydrogens (primary N) is 2. The van der Waals surface area contributed by atoms with Crippen LogP contribution in [-0.4, -0.2) is 81.4 Å². The Kier molecular flexibility index (Phi) is 9.83. The van der Waals surface area contributed by atoms with Gasteiger partial charge in [-0.15, -0.1) is 0 Å². The van der Waals surface area contributed by atoms with Gasteiger partial charge in [0.05, 0.1) is 23.4 Å². The average molecular weight is 568 g/mol. The maximum atomic E-state index is 9.95. The summed E-state index contributed by atoms with van der Waals surface area (Å²) >= 11 is 1.65. The molecule has 5 heterocycles. The van der Waals surface area contributed by atoms with Crippen molar-refractivity contribution in [3.05, 3.63) is 46.3 Å². The fourth-order valence-electron chi connectivity index (χ4n) is 3.93. The summed E-state index contributed by atoms with van der Waals surface area (Å²) in [5.41, 5.74) is 16.4. The van der Waals surface area contributed by atoms with E-state index in [1.165, 1.54) is 22.1 Å². The number of hydrogen-bond acceptors (Lipinski definition) is 13. The van der Waals surface area contributed by atoms with E-state index in [0.717, 1.165) is 11.3 Å². The van der Waals surface area contributed by atoms with E-state index >= 15 is 0 Å². The summed E-state index contributed by atoms with van der Waals surface area (Å²) in [4.78, 5) is 21.4. The van der Waals surface area contributed by atoms with Gasteiger partial charge in [0.25, 0.3) is 0 Å². The molecule has 4 aromatic heterocycles. The summed E-state index contributed by atoms with van der Waals surface area (Å²) in [5, 5.41) is 37.7. The second-order valence-electron chi connectivity index (χ2n) is 8.47. The number of fused-ring (bicyclic) bond motifs is 1. The van der Waals surface area contributed by atoms with Crippen molar-refractivity contribution in [3.63, 3.8) is 0 Å². The largest absolute Gasteiger partial charge is 1.00 e. The Morgan fingerprint density at radius 3 is 2.50 bits per heavy atom. The number of aliphatic hydroxyl groups is 4. The maximum Gasteiger partial charge on any atom is 0.225 e. The zero-order valence-electron chi connectivity index (χ0n) is 20.7. The van der Waals surface area contributed by atoms with Crippen LogP contribution in [0.1, 0.15) is 28.2 Å². The van der Waals surface area contributed by atoms with Crippen LogP contribution in [0.4, 0.5) is 11.6 Å². The highest BCUT2D eigenvalue weighted by Crippen LogP contribution is 2.31. The molecule has 8 N–H and O–H groups in total. The van der Waals surface area contributed by atoms with Crippen LogP contribution >= 0.6 is 11.3 Å². The number of thiazole rings is 1. The quantitative estimate of drug-likeness (QED) is 0.122. The number of nitrogens with zero attached hydrogens (tertiary/aromatic N) is 7. The van der Waals surface area contributed by atoms with Crippen LogP contribution in [0.25, 0.3) is 11.2 Å². The highest BCUT2D eigenvalue weighted by Gasteiger charge is 2.44. The molecule has 38 heavy (non-hydrogen) atoms. The maximum absolute atomic E-state index is 9.95. The Hall–Kier alpha value is -3.05. The number of aryl methyl sites for hydroxylation is 1. The Morgan fingerprint density at radius 1 is 1.08 bits per heavy atom. The van der Waals surface area contributed by atoms with Gasteiger partial charge < -0.3 is 49.0 Å². The van der Waals surface area contributed by atoms with Gasteiger partial charge in [-0.2, -0.15) is 4.57 Å². The minimum atomic E-state index is -1.19. The number of ether oxygens (including phenoxy) is 1. The van der Waals surface area contributed by atoms with Crippen molar-refractivity contribution in [3.8, 4) is 0 Å². The van der Waals surface area contributed by atoms with Crippen LogP contribution in [0.2, 0.25) is 0 Å². The summed E-state index contributed by atoms with van der Waals surface area (Å²) in [5.74, 6) is 1.43. The number of hydrogen-bond donors (Lipinski definition) is 6. The second kappa shape index (κ2) is 12.7. The molecule has 16 heteroatoms. The minimum absolute atomic E-state index is 0. The summed E-state index contributed by atoms with van der Waals surface area (Å²) in [6.07, 6.45) is 1.05. The number of aliphatic hydroxyl groups excluding tert-OH is 4. The van der Waals surface area contributed by atoms with Gasteiger partial charge in [0, 0.05) is 26.1 Å². The molecular formula is C22H30ClN9O5S. The standard InChI is InChI=1S/C12H17N4OS.C10H13N5O4.ClH/c1-8-11(3-4-17)18-7-16(8)6-10-5-14-9(2)15-12(10)13;11-8-5-9(13-2-12-8)15(3-14-5)10-7(18)6(17)4(1-16)19-10;/h5,7,17H,3-4,6H2,1-2H3,(H2,13,14,15);2-4,6-7,10,16-18H,1H2,(H2,11,12,13);1H/q+1;;/p-1/t;4-,6-,7-,10-;/m.1./s1. The molecule has 4 atom stereocenters. The van der Waals surface area contributed by atoms with Gasteiger partial charge in [0.2, 0.25) is 5.51 Å². The minimum Gasteiger partial charge on any atom is -1.00 e. The van der Waals surface area contributed by atoms with Crippen LogP contribution in [0, 0.1) is 13.8 Å². The van der Waals surface area contributed by atoms with E-state index in [0.29, 0.717) is 35.8 Å². The molecule has 206 valence electrons. The van der Waals surface area contributed by atoms with Gasteiger partial charge in [0.1, 0.15) is 41.8 Å². The van der Waals surface area contributed by atoms with Crippen molar-refractivity contribution in [2.45, 2.75) is 51.4 Å². The molecular weight excluding hydrogens is 538 g/mol. The lowest BCUT2D eigenvalue weighted by Crippen LogP contribution is -3.00. The van der Waals surface area contributed by atoms with Gasteiger partial charge in [-0.25, -0.2) is 24.9 Å². The van der Waals surface area contributed by atoms with Crippen molar-refractivity contribution < 1.29 is 42.1 Å². The molecule has 0 bridgehead atoms. The third-order valence-corrected chi connectivity index (χ3v) is 7.18. The first-order valence-corrected chi connectivity index (χ1v) is 12.3. The van der Waals surface area contributed by atoms with Crippen molar-refractivity contribution in [2.24, 2.45) is 0 Å². The summed E-state index contributed by atoms with van der Waals surface area (Å²) in [6, 6.07) is 0. The van der Waals surface area contributed by atoms with E-state index in [4.69, 9.17) is 26.4 Å². The molecule has 1 saturated heterocycles. The van der Waals surface area contributed by atoms with E-state index in [9.17, 15) is 10.2 Å². The van der Waals surface area contributed by atoms with Crippen molar-refractivity contribution in [1.29, 1.82) is 0 Å². The van der Waals surface area contributed by atoms with E-state index in [2.05, 4.69) is 29.5 Å². The topological polar surface area (TPSA) is 215 Å². The van der Waals surface area contributed by atoms with Crippen LogP contribution in [0.5, 0.6) is 0 Å². The first kappa shape index (κ1) is 29.5. The number of aromatic nitrogens is 7. The molecule has 0 spiro atoms. The van der Waals surface area contributed by atoms with Gasteiger partial charge in [-0.05, 0) is 6.92 Å². The van der Waals surface area contributed by atoms with Gasteiger partial charge in [-0.3, -0.25) is 4.57 Å². The Morgan fingerprint density at radius 2 is 1.84 bits per heavy atom.